The molecule has 0 aliphatic carbocycles. The van der Waals surface area contributed by atoms with Crippen molar-refractivity contribution in [3.63, 3.8) is 0 Å². The largest absolute Gasteiger partial charge is 0.308 e. The van der Waals surface area contributed by atoms with E-state index in [2.05, 4.69) is 66.3 Å². The molecule has 1 N–H and O–H groups in total. The fraction of sp³-hybridized carbons (Fsp3) is 0.455. The Bertz CT molecular complexity index is 253. The van der Waals surface area contributed by atoms with Crippen LogP contribution in [0.3, 0.4) is 0 Å². The standard InChI is InChI=1S/C11H16BrN/c1-8(2)13-9(3)10-4-6-11(12)7-5-10/h4-9,13H,1-3H3/t9-/m1/s1. The van der Waals surface area contributed by atoms with Crippen LogP contribution in [0.25, 0.3) is 0 Å². The van der Waals surface area contributed by atoms with Gasteiger partial charge in [0.15, 0.2) is 0 Å². The molecule has 0 radical (unpaired) electrons. The Morgan fingerprint density at radius 1 is 1.08 bits per heavy atom. The van der Waals surface area contributed by atoms with Gasteiger partial charge in [-0.15, -0.1) is 0 Å². The molecule has 0 saturated heterocycles. The molecule has 0 saturated carbocycles. The molecule has 0 heterocycles. The monoisotopic (exact) mass is 241 g/mol. The number of hydrogen-bond donors (Lipinski definition) is 1. The minimum atomic E-state index is 0.424. The van der Waals surface area contributed by atoms with E-state index in [0.717, 1.165) is 4.47 Å². The number of hydrogen-bond acceptors (Lipinski definition) is 1. The van der Waals surface area contributed by atoms with E-state index >= 15 is 0 Å². The first-order chi connectivity index (χ1) is 6.09. The Morgan fingerprint density at radius 3 is 2.08 bits per heavy atom. The van der Waals surface area contributed by atoms with Crippen molar-refractivity contribution in [3.05, 3.63) is 34.3 Å². The molecule has 1 aromatic carbocycles. The van der Waals surface area contributed by atoms with Crippen molar-refractivity contribution in [1.82, 2.24) is 5.32 Å². The third-order valence-electron chi connectivity index (χ3n) is 1.95. The van der Waals surface area contributed by atoms with Crippen molar-refractivity contribution in [1.29, 1.82) is 0 Å². The molecule has 0 spiro atoms. The van der Waals surface area contributed by atoms with E-state index in [-0.39, 0.29) is 0 Å². The van der Waals surface area contributed by atoms with Gasteiger partial charge in [-0.05, 0) is 24.6 Å². The van der Waals surface area contributed by atoms with Gasteiger partial charge in [-0.3, -0.25) is 0 Å². The Labute approximate surface area is 88.7 Å². The summed E-state index contributed by atoms with van der Waals surface area (Å²) < 4.78 is 1.13. The van der Waals surface area contributed by atoms with Crippen LogP contribution in [-0.4, -0.2) is 6.04 Å². The topological polar surface area (TPSA) is 12.0 Å². The summed E-state index contributed by atoms with van der Waals surface area (Å²) in [6, 6.07) is 9.39. The highest BCUT2D eigenvalue weighted by Crippen LogP contribution is 2.16. The molecule has 1 atom stereocenters. The molecule has 1 nitrogen and oxygen atoms in total. The maximum atomic E-state index is 3.46. The molecule has 0 aliphatic heterocycles. The summed E-state index contributed by atoms with van der Waals surface area (Å²) in [6.45, 7) is 6.51. The highest BCUT2D eigenvalue weighted by molar-refractivity contribution is 9.10. The van der Waals surface area contributed by atoms with Gasteiger partial charge >= 0.3 is 0 Å². The van der Waals surface area contributed by atoms with E-state index in [1.807, 2.05) is 0 Å². The van der Waals surface area contributed by atoms with Crippen molar-refractivity contribution in [2.75, 3.05) is 0 Å². The molecule has 72 valence electrons. The Hall–Kier alpha value is -0.340. The lowest BCUT2D eigenvalue weighted by Gasteiger charge is -2.17. The van der Waals surface area contributed by atoms with Crippen LogP contribution in [0.1, 0.15) is 32.4 Å². The zero-order valence-electron chi connectivity index (χ0n) is 8.34. The third kappa shape index (κ3) is 3.49. The average molecular weight is 242 g/mol. The van der Waals surface area contributed by atoms with Crippen molar-refractivity contribution in [2.24, 2.45) is 0 Å². The van der Waals surface area contributed by atoms with Crippen LogP contribution in [0.5, 0.6) is 0 Å². The van der Waals surface area contributed by atoms with Crippen molar-refractivity contribution in [3.8, 4) is 0 Å². The molecule has 0 aromatic heterocycles. The lowest BCUT2D eigenvalue weighted by molar-refractivity contribution is 0.506. The second-order valence-corrected chi connectivity index (χ2v) is 4.51. The van der Waals surface area contributed by atoms with Crippen LogP contribution in [-0.2, 0) is 0 Å². The maximum absolute atomic E-state index is 3.46. The predicted molar refractivity (Wildman–Crippen MR) is 60.8 cm³/mol. The van der Waals surface area contributed by atoms with Gasteiger partial charge in [-0.25, -0.2) is 0 Å². The fourth-order valence-corrected chi connectivity index (χ4v) is 1.61. The molecule has 0 unspecified atom stereocenters. The number of rotatable bonds is 3. The summed E-state index contributed by atoms with van der Waals surface area (Å²) in [4.78, 5) is 0. The second kappa shape index (κ2) is 4.77. The highest BCUT2D eigenvalue weighted by Gasteiger charge is 2.05. The van der Waals surface area contributed by atoms with Crippen LogP contribution < -0.4 is 5.32 Å². The first-order valence-electron chi connectivity index (χ1n) is 4.61. The minimum absolute atomic E-state index is 0.424. The normalized spacial score (nSPS) is 13.3. The van der Waals surface area contributed by atoms with Crippen LogP contribution in [0, 0.1) is 0 Å². The SMILES string of the molecule is CC(C)N[C@H](C)c1ccc(Br)cc1. The van der Waals surface area contributed by atoms with Gasteiger partial charge in [0.25, 0.3) is 0 Å². The van der Waals surface area contributed by atoms with Gasteiger partial charge < -0.3 is 5.32 Å². The van der Waals surface area contributed by atoms with Gasteiger partial charge in [0.2, 0.25) is 0 Å². The zero-order valence-corrected chi connectivity index (χ0v) is 9.93. The molecule has 0 fully saturated rings. The van der Waals surface area contributed by atoms with Gasteiger partial charge in [0, 0.05) is 16.6 Å². The summed E-state index contributed by atoms with van der Waals surface area (Å²) in [5.74, 6) is 0. The van der Waals surface area contributed by atoms with Gasteiger partial charge in [-0.2, -0.15) is 0 Å². The van der Waals surface area contributed by atoms with Crippen molar-refractivity contribution < 1.29 is 0 Å². The molecular formula is C11H16BrN. The van der Waals surface area contributed by atoms with Gasteiger partial charge in [-0.1, -0.05) is 41.9 Å². The quantitative estimate of drug-likeness (QED) is 0.855. The van der Waals surface area contributed by atoms with Gasteiger partial charge in [0.05, 0.1) is 0 Å². The summed E-state index contributed by atoms with van der Waals surface area (Å²) in [5.41, 5.74) is 1.33. The Kier molecular flexibility index (Phi) is 3.94. The number of halogens is 1. The second-order valence-electron chi connectivity index (χ2n) is 3.59. The fourth-order valence-electron chi connectivity index (χ4n) is 1.35. The Morgan fingerprint density at radius 2 is 1.62 bits per heavy atom. The third-order valence-corrected chi connectivity index (χ3v) is 2.48. The summed E-state index contributed by atoms with van der Waals surface area (Å²) in [7, 11) is 0. The molecule has 1 rings (SSSR count). The summed E-state index contributed by atoms with van der Waals surface area (Å²) in [5, 5.41) is 3.46. The Balaban J connectivity index is 2.66. The molecule has 13 heavy (non-hydrogen) atoms. The first-order valence-corrected chi connectivity index (χ1v) is 5.40. The first kappa shape index (κ1) is 10.7. The van der Waals surface area contributed by atoms with E-state index in [4.69, 9.17) is 0 Å². The molecule has 0 aliphatic rings. The van der Waals surface area contributed by atoms with Crippen LogP contribution in [0.15, 0.2) is 28.7 Å². The van der Waals surface area contributed by atoms with Crippen LogP contribution in [0.2, 0.25) is 0 Å². The van der Waals surface area contributed by atoms with E-state index in [1.54, 1.807) is 0 Å². The van der Waals surface area contributed by atoms with Crippen molar-refractivity contribution in [2.45, 2.75) is 32.9 Å². The smallest absolute Gasteiger partial charge is 0.0294 e. The maximum Gasteiger partial charge on any atom is 0.0294 e. The van der Waals surface area contributed by atoms with E-state index in [0.29, 0.717) is 12.1 Å². The average Bonchev–Trinajstić information content (AvgIpc) is 2.04. The molecule has 0 bridgehead atoms. The minimum Gasteiger partial charge on any atom is -0.308 e. The van der Waals surface area contributed by atoms with Crippen LogP contribution in [0.4, 0.5) is 0 Å². The lowest BCUT2D eigenvalue weighted by Crippen LogP contribution is -2.25. The highest BCUT2D eigenvalue weighted by atomic mass is 79.9. The molecule has 0 amide bonds. The van der Waals surface area contributed by atoms with Gasteiger partial charge in [0.1, 0.15) is 0 Å². The van der Waals surface area contributed by atoms with E-state index < -0.39 is 0 Å². The summed E-state index contributed by atoms with van der Waals surface area (Å²) in [6.07, 6.45) is 0. The van der Waals surface area contributed by atoms with E-state index in [1.165, 1.54) is 5.56 Å². The van der Waals surface area contributed by atoms with E-state index in [9.17, 15) is 0 Å². The zero-order chi connectivity index (χ0) is 9.84. The number of benzene rings is 1. The summed E-state index contributed by atoms with van der Waals surface area (Å²) >= 11 is 3.42. The van der Waals surface area contributed by atoms with Crippen molar-refractivity contribution >= 4 is 15.9 Å². The molecule has 1 aromatic rings. The predicted octanol–water partition coefficient (Wildman–Crippen LogP) is 3.51. The molecule has 2 heteroatoms. The number of nitrogens with one attached hydrogen (secondary N) is 1. The van der Waals surface area contributed by atoms with Crippen LogP contribution >= 0.6 is 15.9 Å². The molecular weight excluding hydrogens is 226 g/mol. The lowest BCUT2D eigenvalue weighted by atomic mass is 10.1.